The number of allylic oxidation sites excluding steroid dienone is 1. The molecule has 0 bridgehead atoms. The number of methoxy groups -OCH3 is 2. The van der Waals surface area contributed by atoms with Crippen LogP contribution in [0.25, 0.3) is 23.0 Å². The Morgan fingerprint density at radius 2 is 1.62 bits per heavy atom. The summed E-state index contributed by atoms with van der Waals surface area (Å²) in [5.74, 6) is 1.20. The van der Waals surface area contributed by atoms with Crippen LogP contribution < -0.4 is 9.47 Å². The number of aromatic nitrogens is 2. The summed E-state index contributed by atoms with van der Waals surface area (Å²) in [7, 11) is 3.21. The number of carbonyl (C=O) groups excluding carboxylic acids is 1. The van der Waals surface area contributed by atoms with E-state index in [-0.39, 0.29) is 5.78 Å². The summed E-state index contributed by atoms with van der Waals surface area (Å²) in [6.07, 6.45) is 5.31. The highest BCUT2D eigenvalue weighted by Gasteiger charge is 2.14. The first kappa shape index (κ1) is 21.1. The van der Waals surface area contributed by atoms with Crippen molar-refractivity contribution in [1.82, 2.24) is 9.78 Å². The van der Waals surface area contributed by atoms with Crippen LogP contribution >= 0.6 is 0 Å². The topological polar surface area (TPSA) is 53.4 Å². The van der Waals surface area contributed by atoms with Gasteiger partial charge in [-0.05, 0) is 49.4 Å². The van der Waals surface area contributed by atoms with E-state index in [0.717, 1.165) is 28.1 Å². The number of ether oxygens (including phenoxy) is 2. The Balaban J connectivity index is 1.76. The second kappa shape index (κ2) is 9.35. The molecular formula is C27H24N2O3. The molecule has 0 unspecified atom stereocenters. The fourth-order valence-electron chi connectivity index (χ4n) is 3.41. The Bertz CT molecular complexity index is 1260. The van der Waals surface area contributed by atoms with Gasteiger partial charge in [-0.1, -0.05) is 48.0 Å². The summed E-state index contributed by atoms with van der Waals surface area (Å²) in [6, 6.07) is 23.1. The molecule has 0 atom stereocenters. The second-order valence-corrected chi connectivity index (χ2v) is 7.35. The van der Waals surface area contributed by atoms with Gasteiger partial charge >= 0.3 is 0 Å². The minimum atomic E-state index is -0.0595. The van der Waals surface area contributed by atoms with Gasteiger partial charge in [0.2, 0.25) is 0 Å². The summed E-state index contributed by atoms with van der Waals surface area (Å²) in [6.45, 7) is 2.00. The predicted molar refractivity (Wildman–Crippen MR) is 127 cm³/mol. The van der Waals surface area contributed by atoms with Gasteiger partial charge < -0.3 is 9.47 Å². The zero-order chi connectivity index (χ0) is 22.5. The first-order chi connectivity index (χ1) is 15.6. The van der Waals surface area contributed by atoms with E-state index in [2.05, 4.69) is 0 Å². The largest absolute Gasteiger partial charge is 0.493 e. The van der Waals surface area contributed by atoms with Crippen LogP contribution in [0, 0.1) is 6.92 Å². The lowest BCUT2D eigenvalue weighted by Gasteiger charge is -2.09. The lowest BCUT2D eigenvalue weighted by atomic mass is 10.0. The van der Waals surface area contributed by atoms with Gasteiger partial charge in [0, 0.05) is 22.9 Å². The third kappa shape index (κ3) is 4.47. The van der Waals surface area contributed by atoms with E-state index >= 15 is 0 Å². The first-order valence-corrected chi connectivity index (χ1v) is 10.3. The Morgan fingerprint density at radius 1 is 0.906 bits per heavy atom. The minimum absolute atomic E-state index is 0.0595. The van der Waals surface area contributed by atoms with E-state index in [1.165, 1.54) is 0 Å². The third-order valence-corrected chi connectivity index (χ3v) is 5.17. The number of ketones is 1. The van der Waals surface area contributed by atoms with Crippen molar-refractivity contribution in [3.05, 3.63) is 102 Å². The molecule has 4 aromatic rings. The van der Waals surface area contributed by atoms with Crippen molar-refractivity contribution in [2.75, 3.05) is 14.2 Å². The maximum atomic E-state index is 12.7. The molecule has 0 aliphatic rings. The summed E-state index contributed by atoms with van der Waals surface area (Å²) in [5.41, 5.74) is 5.11. The summed E-state index contributed by atoms with van der Waals surface area (Å²) in [4.78, 5) is 12.7. The molecule has 1 heterocycles. The number of nitrogens with zero attached hydrogens (tertiary/aromatic N) is 2. The normalized spacial score (nSPS) is 11.0. The van der Waals surface area contributed by atoms with E-state index in [0.29, 0.717) is 17.1 Å². The number of benzene rings is 3. The SMILES string of the molecule is COc1ccc(-c2nn(-c3ccccc3)cc2C=CC(=O)c2ccc(C)cc2)cc1OC. The van der Waals surface area contributed by atoms with Crippen LogP contribution in [0.2, 0.25) is 0 Å². The average Bonchev–Trinajstić information content (AvgIpc) is 3.27. The number of carbonyl (C=O) groups is 1. The fourth-order valence-corrected chi connectivity index (χ4v) is 3.41. The molecule has 0 N–H and O–H groups in total. The van der Waals surface area contributed by atoms with Crippen LogP contribution in [-0.4, -0.2) is 29.8 Å². The van der Waals surface area contributed by atoms with Crippen molar-refractivity contribution in [1.29, 1.82) is 0 Å². The molecule has 5 heteroatoms. The number of para-hydroxylation sites is 1. The molecule has 0 aliphatic carbocycles. The third-order valence-electron chi connectivity index (χ3n) is 5.17. The van der Waals surface area contributed by atoms with Gasteiger partial charge in [0.1, 0.15) is 5.69 Å². The molecule has 160 valence electrons. The molecule has 0 fully saturated rings. The Morgan fingerprint density at radius 3 is 2.31 bits per heavy atom. The molecule has 3 aromatic carbocycles. The Hall–Kier alpha value is -4.12. The van der Waals surface area contributed by atoms with E-state index in [4.69, 9.17) is 14.6 Å². The van der Waals surface area contributed by atoms with Crippen LogP contribution in [0.4, 0.5) is 0 Å². The smallest absolute Gasteiger partial charge is 0.185 e. The molecule has 0 amide bonds. The Kier molecular flexibility index (Phi) is 6.17. The molecule has 4 rings (SSSR count). The van der Waals surface area contributed by atoms with E-state index in [1.807, 2.05) is 90.6 Å². The quantitative estimate of drug-likeness (QED) is 0.280. The van der Waals surface area contributed by atoms with Gasteiger partial charge in [-0.25, -0.2) is 4.68 Å². The summed E-state index contributed by atoms with van der Waals surface area (Å²) in [5, 5.41) is 4.80. The lowest BCUT2D eigenvalue weighted by molar-refractivity contribution is 0.104. The predicted octanol–water partition coefficient (Wildman–Crippen LogP) is 5.76. The highest BCUT2D eigenvalue weighted by molar-refractivity contribution is 6.07. The van der Waals surface area contributed by atoms with Crippen molar-refractivity contribution in [2.45, 2.75) is 6.92 Å². The maximum absolute atomic E-state index is 12.7. The van der Waals surface area contributed by atoms with Crippen molar-refractivity contribution < 1.29 is 14.3 Å². The monoisotopic (exact) mass is 424 g/mol. The maximum Gasteiger partial charge on any atom is 0.185 e. The highest BCUT2D eigenvalue weighted by atomic mass is 16.5. The number of aryl methyl sites for hydroxylation is 1. The van der Waals surface area contributed by atoms with Crippen LogP contribution in [0.15, 0.2) is 85.1 Å². The summed E-state index contributed by atoms with van der Waals surface area (Å²) < 4.78 is 12.6. The lowest BCUT2D eigenvalue weighted by Crippen LogP contribution is -1.95. The highest BCUT2D eigenvalue weighted by Crippen LogP contribution is 2.33. The zero-order valence-electron chi connectivity index (χ0n) is 18.3. The number of rotatable bonds is 7. The minimum Gasteiger partial charge on any atom is -0.493 e. The van der Waals surface area contributed by atoms with Gasteiger partial charge in [0.05, 0.1) is 19.9 Å². The van der Waals surface area contributed by atoms with Crippen LogP contribution in [0.3, 0.4) is 0 Å². The molecule has 5 nitrogen and oxygen atoms in total. The van der Waals surface area contributed by atoms with Gasteiger partial charge in [0.25, 0.3) is 0 Å². The van der Waals surface area contributed by atoms with Crippen LogP contribution in [0.5, 0.6) is 11.5 Å². The van der Waals surface area contributed by atoms with Crippen molar-refractivity contribution in [2.24, 2.45) is 0 Å². The van der Waals surface area contributed by atoms with E-state index in [1.54, 1.807) is 26.4 Å². The molecule has 0 aliphatic heterocycles. The zero-order valence-corrected chi connectivity index (χ0v) is 18.3. The average molecular weight is 425 g/mol. The molecule has 0 saturated carbocycles. The van der Waals surface area contributed by atoms with Crippen molar-refractivity contribution in [3.63, 3.8) is 0 Å². The van der Waals surface area contributed by atoms with E-state index in [9.17, 15) is 4.79 Å². The molecule has 0 spiro atoms. The number of hydrogen-bond acceptors (Lipinski definition) is 4. The van der Waals surface area contributed by atoms with E-state index < -0.39 is 0 Å². The van der Waals surface area contributed by atoms with Gasteiger partial charge in [-0.2, -0.15) is 5.10 Å². The molecule has 1 aromatic heterocycles. The molecule has 0 radical (unpaired) electrons. The first-order valence-electron chi connectivity index (χ1n) is 10.3. The standard InChI is InChI=1S/C27H24N2O3/c1-19-9-11-20(12-10-19)24(30)15-13-22-18-29(23-7-5-4-6-8-23)28-27(22)21-14-16-25(31-2)26(17-21)32-3/h4-18H,1-3H3. The number of hydrogen-bond donors (Lipinski definition) is 0. The van der Waals surface area contributed by atoms with Crippen molar-refractivity contribution >= 4 is 11.9 Å². The van der Waals surface area contributed by atoms with Crippen LogP contribution in [0.1, 0.15) is 21.5 Å². The van der Waals surface area contributed by atoms with Gasteiger partial charge in [-0.3, -0.25) is 4.79 Å². The molecule has 32 heavy (non-hydrogen) atoms. The fraction of sp³-hybridized carbons (Fsp3) is 0.111. The summed E-state index contributed by atoms with van der Waals surface area (Å²) >= 11 is 0. The molecular weight excluding hydrogens is 400 g/mol. The van der Waals surface area contributed by atoms with Gasteiger partial charge in [-0.15, -0.1) is 0 Å². The molecule has 0 saturated heterocycles. The van der Waals surface area contributed by atoms with Gasteiger partial charge in [0.15, 0.2) is 17.3 Å². The van der Waals surface area contributed by atoms with Crippen LogP contribution in [-0.2, 0) is 0 Å². The van der Waals surface area contributed by atoms with Crippen molar-refractivity contribution in [3.8, 4) is 28.4 Å². The second-order valence-electron chi connectivity index (χ2n) is 7.35. The Labute approximate surface area is 187 Å².